The number of H-pyrrole nitrogens is 2. The standard InChI is InChI=1S/C15H20N2O2.C14H17N3O2.C11H13N3O2.CH4.K/c1-9(2)8-10-6-7-17-13-11(14(10)18)4-3-5-12(13)16-15(17)19;1-8(2)15-11-6-7-17-12-9(13(11)18)4-3-5-10(12)16-14(17)19;12-7-4-5-14-9-6(10(7)15)2-1-3-8(9)13-11(14)16;;/h3-5,9-10,14,18H,6-8H2,1-2H3,(H,16,19);3-5,11,13,18H,6-7H2,1-2H3,(H,16,19);1-3,7,10,15H,4-5,12H2,(H,13,16);1H4;/q;;;;+1/p-1/t10-,14-;11-,13-;7-,10-;;/m011../s1. The Labute approximate surface area is 367 Å². The van der Waals surface area contributed by atoms with E-state index in [1.807, 2.05) is 50.2 Å². The van der Waals surface area contributed by atoms with E-state index >= 15 is 0 Å². The van der Waals surface area contributed by atoms with E-state index in [0.717, 1.165) is 57.3 Å². The van der Waals surface area contributed by atoms with Crippen LogP contribution in [0.25, 0.3) is 33.1 Å². The second-order valence-electron chi connectivity index (χ2n) is 15.3. The SMILES string of the molecule is C.CC(C)=N[C@@H]1CCn2c(=O)[nH]c3cccc(c32)[C@H]1O.CC(C)C[C@@H]1CCn2c(=O)[nH]c3cccc(c32)[C@H]1O.N[C@@H]1CCn2c(=O)[n-]c3cccc(c32)[C@H]1O.[K+]. The van der Waals surface area contributed by atoms with Gasteiger partial charge in [-0.25, -0.2) is 9.59 Å². The molecule has 0 saturated heterocycles. The summed E-state index contributed by atoms with van der Waals surface area (Å²) in [5.41, 5.74) is 13.4. The molecule has 294 valence electrons. The zero-order valence-corrected chi connectivity index (χ0v) is 35.2. The molecule has 0 unspecified atom stereocenters. The number of nitrogens with zero attached hydrogens (tertiary/aromatic N) is 5. The summed E-state index contributed by atoms with van der Waals surface area (Å²) in [6.45, 7) is 9.97. The van der Waals surface area contributed by atoms with Gasteiger partial charge in [-0.2, -0.15) is 0 Å². The van der Waals surface area contributed by atoms with Gasteiger partial charge >= 0.3 is 62.8 Å². The summed E-state index contributed by atoms with van der Waals surface area (Å²) in [7, 11) is 0. The fourth-order valence-electron chi connectivity index (χ4n) is 8.36. The molecule has 0 fully saturated rings. The van der Waals surface area contributed by atoms with Gasteiger partial charge in [-0.05, 0) is 86.6 Å². The Hall–Kier alpha value is -3.38. The average Bonchev–Trinajstić information content (AvgIpc) is 3.66. The van der Waals surface area contributed by atoms with Crippen molar-refractivity contribution >= 4 is 38.8 Å². The normalized spacial score (nSPS) is 22.4. The zero-order valence-electron chi connectivity index (χ0n) is 32.1. The number of para-hydroxylation sites is 3. The molecule has 6 aromatic rings. The molecule has 0 bridgehead atoms. The van der Waals surface area contributed by atoms with Crippen molar-refractivity contribution in [2.75, 3.05) is 0 Å². The van der Waals surface area contributed by atoms with E-state index in [4.69, 9.17) is 5.73 Å². The van der Waals surface area contributed by atoms with Crippen molar-refractivity contribution in [2.45, 2.75) is 111 Å². The Morgan fingerprint density at radius 1 is 0.768 bits per heavy atom. The molecule has 6 atom stereocenters. The van der Waals surface area contributed by atoms with Crippen molar-refractivity contribution in [1.29, 1.82) is 0 Å². The Morgan fingerprint density at radius 3 is 1.86 bits per heavy atom. The van der Waals surface area contributed by atoms with Gasteiger partial charge in [0.05, 0.1) is 40.3 Å². The van der Waals surface area contributed by atoms with Crippen LogP contribution in [0.3, 0.4) is 0 Å². The maximum atomic E-state index is 12.0. The van der Waals surface area contributed by atoms with Crippen LogP contribution in [0, 0.1) is 11.8 Å². The molecule has 3 aromatic carbocycles. The minimum Gasteiger partial charge on any atom is -0.410 e. The Bertz CT molecular complexity index is 2520. The summed E-state index contributed by atoms with van der Waals surface area (Å²) < 4.78 is 5.07. The average molecular weight is 793 g/mol. The molecule has 0 amide bonds. The van der Waals surface area contributed by atoms with Crippen LogP contribution in [0.4, 0.5) is 0 Å². The molecule has 7 N–H and O–H groups in total. The first kappa shape index (κ1) is 43.7. The van der Waals surface area contributed by atoms with E-state index in [2.05, 4.69) is 33.8 Å². The third-order valence-corrected chi connectivity index (χ3v) is 10.8. The molecular weight excluding hydrogens is 740 g/mol. The van der Waals surface area contributed by atoms with Crippen molar-refractivity contribution in [2.24, 2.45) is 22.6 Å². The van der Waals surface area contributed by atoms with Crippen LogP contribution in [0.2, 0.25) is 0 Å². The van der Waals surface area contributed by atoms with E-state index in [9.17, 15) is 29.7 Å². The fraction of sp³-hybridized carbons (Fsp3) is 0.463. The van der Waals surface area contributed by atoms with Crippen LogP contribution in [0.5, 0.6) is 0 Å². The van der Waals surface area contributed by atoms with Gasteiger partial charge in [0, 0.05) is 36.0 Å². The molecule has 3 aliphatic rings. The molecule has 0 spiro atoms. The molecule has 0 saturated carbocycles. The molecule has 0 radical (unpaired) electrons. The quantitative estimate of drug-likeness (QED) is 0.114. The second kappa shape index (κ2) is 18.0. The van der Waals surface area contributed by atoms with Crippen LogP contribution in [-0.2, 0) is 19.6 Å². The Morgan fingerprint density at radius 2 is 1.29 bits per heavy atom. The van der Waals surface area contributed by atoms with Crippen molar-refractivity contribution < 1.29 is 66.7 Å². The smallest absolute Gasteiger partial charge is 0.410 e. The van der Waals surface area contributed by atoms with Crippen molar-refractivity contribution in [1.82, 2.24) is 28.7 Å². The third-order valence-electron chi connectivity index (χ3n) is 10.8. The predicted molar refractivity (Wildman–Crippen MR) is 216 cm³/mol. The summed E-state index contributed by atoms with van der Waals surface area (Å²) >= 11 is 0. The van der Waals surface area contributed by atoms with E-state index in [-0.39, 0.29) is 93.9 Å². The summed E-state index contributed by atoms with van der Waals surface area (Å²) in [4.78, 5) is 49.7. The van der Waals surface area contributed by atoms with Gasteiger partial charge in [0.15, 0.2) is 5.69 Å². The molecule has 6 heterocycles. The fourth-order valence-corrected chi connectivity index (χ4v) is 8.36. The number of aryl methyl sites for hydroxylation is 3. The number of aromatic amines is 2. The number of aromatic nitrogens is 6. The number of aliphatic imine (C=N–C) groups is 1. The van der Waals surface area contributed by atoms with Gasteiger partial charge in [0.2, 0.25) is 0 Å². The monoisotopic (exact) mass is 792 g/mol. The first-order valence-electron chi connectivity index (χ1n) is 18.7. The first-order chi connectivity index (χ1) is 25.8. The van der Waals surface area contributed by atoms with E-state index in [1.54, 1.807) is 31.9 Å². The number of rotatable bonds is 3. The molecule has 0 aliphatic carbocycles. The summed E-state index contributed by atoms with van der Waals surface area (Å²) in [5, 5.41) is 31.2. The summed E-state index contributed by atoms with van der Waals surface area (Å²) in [5.74, 6) is 0.777. The first-order valence-corrected chi connectivity index (χ1v) is 18.7. The molecule has 15 heteroatoms. The van der Waals surface area contributed by atoms with Gasteiger partial charge in [-0.3, -0.25) is 18.9 Å². The summed E-state index contributed by atoms with van der Waals surface area (Å²) in [6.07, 6.45) is 1.21. The minimum absolute atomic E-state index is 0. The number of imidazole rings is 3. The molecule has 3 aliphatic heterocycles. The Kier molecular flexibility index (Phi) is 14.1. The number of nitrogens with two attached hydrogens (primary N) is 1. The molecule has 14 nitrogen and oxygen atoms in total. The van der Waals surface area contributed by atoms with Gasteiger partial charge < -0.3 is 40.6 Å². The molecule has 56 heavy (non-hydrogen) atoms. The number of aliphatic hydroxyl groups is 3. The van der Waals surface area contributed by atoms with Gasteiger partial charge in [-0.1, -0.05) is 63.7 Å². The topological polar surface area (TPSA) is 211 Å². The predicted octanol–water partition coefficient (Wildman–Crippen LogP) is 1.41. The van der Waals surface area contributed by atoms with Gasteiger partial charge in [-0.15, -0.1) is 0 Å². The van der Waals surface area contributed by atoms with Gasteiger partial charge in [0.1, 0.15) is 6.10 Å². The zero-order chi connectivity index (χ0) is 38.4. The Balaban J connectivity index is 0.000000159. The number of hydrogen-bond acceptors (Lipinski definition) is 8. The number of nitrogens with one attached hydrogen (secondary N) is 2. The van der Waals surface area contributed by atoms with Crippen molar-refractivity contribution in [3.63, 3.8) is 0 Å². The second-order valence-corrected chi connectivity index (χ2v) is 15.3. The van der Waals surface area contributed by atoms with Crippen LogP contribution < -0.4 is 79.2 Å². The summed E-state index contributed by atoms with van der Waals surface area (Å²) in [6, 6.07) is 16.2. The maximum absolute atomic E-state index is 12.0. The maximum Gasteiger partial charge on any atom is 1.00 e. The minimum atomic E-state index is -0.721. The van der Waals surface area contributed by atoms with Crippen molar-refractivity contribution in [3.8, 4) is 0 Å². The molecular formula is C41H53KN8O6. The third kappa shape index (κ3) is 8.42. The number of aliphatic hydroxyl groups excluding tert-OH is 3. The number of hydrogen-bond donors (Lipinski definition) is 6. The van der Waals surface area contributed by atoms with Crippen LogP contribution in [0.1, 0.15) is 95.8 Å². The van der Waals surface area contributed by atoms with Crippen LogP contribution >= 0.6 is 0 Å². The largest absolute Gasteiger partial charge is 1.00 e. The molecule has 9 rings (SSSR count). The van der Waals surface area contributed by atoms with Crippen molar-refractivity contribution in [3.05, 3.63) is 103 Å². The van der Waals surface area contributed by atoms with Crippen LogP contribution in [0.15, 0.2) is 74.0 Å². The number of benzene rings is 3. The van der Waals surface area contributed by atoms with E-state index in [0.29, 0.717) is 49.5 Å². The van der Waals surface area contributed by atoms with Gasteiger partial charge in [0.25, 0.3) is 0 Å². The van der Waals surface area contributed by atoms with E-state index < -0.39 is 18.3 Å². The van der Waals surface area contributed by atoms with E-state index in [1.165, 1.54) is 0 Å². The molecule has 3 aromatic heterocycles. The van der Waals surface area contributed by atoms with Crippen LogP contribution in [-0.4, -0.2) is 56.8 Å².